The normalized spacial score (nSPS) is 12.6. The van der Waals surface area contributed by atoms with Crippen molar-refractivity contribution in [3.8, 4) is 11.1 Å². The molecule has 0 fully saturated rings. The molecule has 0 saturated heterocycles. The van der Waals surface area contributed by atoms with E-state index in [1.807, 2.05) is 24.3 Å². The van der Waals surface area contributed by atoms with Crippen LogP contribution in [0.1, 0.15) is 38.8 Å². The summed E-state index contributed by atoms with van der Waals surface area (Å²) in [4.78, 5) is 0. The summed E-state index contributed by atoms with van der Waals surface area (Å²) < 4.78 is 3.33. The van der Waals surface area contributed by atoms with Gasteiger partial charge in [-0.3, -0.25) is 0 Å². The molecule has 2 rings (SSSR count). The molecule has 2 N–H and O–H groups in total. The van der Waals surface area contributed by atoms with Gasteiger partial charge in [-0.25, -0.2) is 0 Å². The maximum absolute atomic E-state index is 10.3. The summed E-state index contributed by atoms with van der Waals surface area (Å²) in [6.07, 6.45) is 0. The smallest absolute Gasteiger partial charge is 0.0862 e. The fourth-order valence-electron chi connectivity index (χ4n) is 2.65. The second kappa shape index (κ2) is 7.12. The monoisotopic (exact) mass is 582 g/mol. The Labute approximate surface area is 176 Å². The first-order chi connectivity index (χ1) is 10.8. The van der Waals surface area contributed by atoms with E-state index < -0.39 is 11.2 Å². The Morgan fingerprint density at radius 1 is 0.583 bits per heavy atom. The second-order valence-corrected chi connectivity index (χ2v) is 10.2. The van der Waals surface area contributed by atoms with Gasteiger partial charge < -0.3 is 10.2 Å². The first kappa shape index (κ1) is 20.6. The largest absolute Gasteiger partial charge is 0.386 e. The molecule has 0 atom stereocenters. The van der Waals surface area contributed by atoms with Gasteiger partial charge in [-0.05, 0) is 63.1 Å². The molecule has 130 valence electrons. The Morgan fingerprint density at radius 3 is 0.958 bits per heavy atom. The molecule has 6 heteroatoms. The molecule has 24 heavy (non-hydrogen) atoms. The number of aliphatic hydroxyl groups is 2. The van der Waals surface area contributed by atoms with Crippen molar-refractivity contribution < 1.29 is 10.2 Å². The standard InChI is InChI=1S/C18H18Br4O2/c1-17(2,23)15-11(19)5-9(6-12(15)20)10-7-13(21)16(14(22)8-10)18(3,4)24/h5-8,23-24H,1-4H3. The lowest BCUT2D eigenvalue weighted by Gasteiger charge is -2.24. The predicted octanol–water partition coefficient (Wildman–Crippen LogP) is 6.86. The highest BCUT2D eigenvalue weighted by molar-refractivity contribution is 9.11. The van der Waals surface area contributed by atoms with Crippen LogP contribution in [0.5, 0.6) is 0 Å². The molecule has 0 spiro atoms. The molecule has 0 amide bonds. The summed E-state index contributed by atoms with van der Waals surface area (Å²) >= 11 is 14.2. The lowest BCUT2D eigenvalue weighted by molar-refractivity contribution is 0.0764. The highest BCUT2D eigenvalue weighted by Gasteiger charge is 2.25. The van der Waals surface area contributed by atoms with Gasteiger partial charge in [-0.15, -0.1) is 0 Å². The molecule has 2 aromatic rings. The van der Waals surface area contributed by atoms with Gasteiger partial charge in [0.2, 0.25) is 0 Å². The van der Waals surface area contributed by atoms with Gasteiger partial charge in [0.15, 0.2) is 0 Å². The van der Waals surface area contributed by atoms with E-state index in [1.165, 1.54) is 0 Å². The van der Waals surface area contributed by atoms with Gasteiger partial charge in [0.25, 0.3) is 0 Å². The highest BCUT2D eigenvalue weighted by Crippen LogP contribution is 2.41. The van der Waals surface area contributed by atoms with Crippen LogP contribution in [-0.2, 0) is 11.2 Å². The van der Waals surface area contributed by atoms with Gasteiger partial charge in [-0.2, -0.15) is 0 Å². The van der Waals surface area contributed by atoms with Crippen molar-refractivity contribution in [2.45, 2.75) is 38.9 Å². The summed E-state index contributed by atoms with van der Waals surface area (Å²) in [5.41, 5.74) is 1.68. The molecule has 2 nitrogen and oxygen atoms in total. The molecule has 0 unspecified atom stereocenters. The third kappa shape index (κ3) is 4.33. The molecule has 0 aliphatic heterocycles. The van der Waals surface area contributed by atoms with Crippen LogP contribution in [0.3, 0.4) is 0 Å². The molecular weight excluding hydrogens is 568 g/mol. The molecular formula is C18H18Br4O2. The Hall–Kier alpha value is 0.280. The van der Waals surface area contributed by atoms with Crippen LogP contribution in [-0.4, -0.2) is 10.2 Å². The first-order valence-corrected chi connectivity index (χ1v) is 10.4. The SMILES string of the molecule is CC(C)(O)c1c(Br)cc(-c2cc(Br)c(C(C)(C)O)c(Br)c2)cc1Br. The number of hydrogen-bond acceptors (Lipinski definition) is 2. The second-order valence-electron chi connectivity index (χ2n) is 6.75. The van der Waals surface area contributed by atoms with Crippen molar-refractivity contribution in [1.82, 2.24) is 0 Å². The van der Waals surface area contributed by atoms with Crippen LogP contribution in [0.25, 0.3) is 11.1 Å². The number of rotatable bonds is 3. The van der Waals surface area contributed by atoms with Gasteiger partial charge >= 0.3 is 0 Å². The van der Waals surface area contributed by atoms with E-state index in [2.05, 4.69) is 63.7 Å². The Kier molecular flexibility index (Phi) is 6.11. The first-order valence-electron chi connectivity index (χ1n) is 7.26. The van der Waals surface area contributed by atoms with E-state index in [0.29, 0.717) is 0 Å². The topological polar surface area (TPSA) is 40.5 Å². The summed E-state index contributed by atoms with van der Waals surface area (Å²) in [7, 11) is 0. The van der Waals surface area contributed by atoms with E-state index in [1.54, 1.807) is 27.7 Å². The zero-order valence-corrected chi connectivity index (χ0v) is 20.1. The fourth-order valence-corrected chi connectivity index (χ4v) is 6.96. The Balaban J connectivity index is 2.63. The molecule has 2 aromatic carbocycles. The van der Waals surface area contributed by atoms with E-state index in [4.69, 9.17) is 0 Å². The minimum atomic E-state index is -0.956. The minimum absolute atomic E-state index is 0.803. The van der Waals surface area contributed by atoms with Crippen molar-refractivity contribution in [3.05, 3.63) is 53.3 Å². The minimum Gasteiger partial charge on any atom is -0.386 e. The molecule has 0 aliphatic carbocycles. The lowest BCUT2D eigenvalue weighted by atomic mass is 9.93. The van der Waals surface area contributed by atoms with E-state index in [-0.39, 0.29) is 0 Å². The zero-order chi connectivity index (χ0) is 18.4. The van der Waals surface area contributed by atoms with Crippen LogP contribution in [0.15, 0.2) is 42.2 Å². The van der Waals surface area contributed by atoms with Crippen molar-refractivity contribution in [2.75, 3.05) is 0 Å². The average molecular weight is 586 g/mol. The summed E-state index contributed by atoms with van der Waals surface area (Å²) in [5.74, 6) is 0. The van der Waals surface area contributed by atoms with Crippen molar-refractivity contribution in [1.29, 1.82) is 0 Å². The van der Waals surface area contributed by atoms with Gasteiger partial charge in [0.1, 0.15) is 0 Å². The molecule has 0 radical (unpaired) electrons. The predicted molar refractivity (Wildman–Crippen MR) is 113 cm³/mol. The third-order valence-corrected chi connectivity index (χ3v) is 6.14. The summed E-state index contributed by atoms with van der Waals surface area (Å²) in [5, 5.41) is 20.6. The fraction of sp³-hybridized carbons (Fsp3) is 0.333. The maximum Gasteiger partial charge on any atom is 0.0862 e. The van der Waals surface area contributed by atoms with E-state index in [9.17, 15) is 10.2 Å². The number of benzene rings is 2. The summed E-state index contributed by atoms with van der Waals surface area (Å²) in [6, 6.07) is 7.93. The summed E-state index contributed by atoms with van der Waals surface area (Å²) in [6.45, 7) is 7.01. The van der Waals surface area contributed by atoms with Gasteiger partial charge in [0, 0.05) is 29.0 Å². The Bertz CT molecular complexity index is 673. The van der Waals surface area contributed by atoms with Gasteiger partial charge in [-0.1, -0.05) is 63.7 Å². The number of halogens is 4. The van der Waals surface area contributed by atoms with Gasteiger partial charge in [0.05, 0.1) is 11.2 Å². The number of hydrogen-bond donors (Lipinski definition) is 2. The van der Waals surface area contributed by atoms with Crippen LogP contribution in [0.4, 0.5) is 0 Å². The van der Waals surface area contributed by atoms with Crippen LogP contribution in [0.2, 0.25) is 0 Å². The molecule has 0 aromatic heterocycles. The van der Waals surface area contributed by atoms with Crippen LogP contribution >= 0.6 is 63.7 Å². The zero-order valence-electron chi connectivity index (χ0n) is 13.7. The molecule has 0 bridgehead atoms. The lowest BCUT2D eigenvalue weighted by Crippen LogP contribution is -2.17. The highest BCUT2D eigenvalue weighted by atomic mass is 79.9. The molecule has 0 heterocycles. The molecule has 0 saturated carbocycles. The average Bonchev–Trinajstić information content (AvgIpc) is 2.33. The van der Waals surface area contributed by atoms with Crippen LogP contribution in [0, 0.1) is 0 Å². The van der Waals surface area contributed by atoms with E-state index in [0.717, 1.165) is 40.1 Å². The van der Waals surface area contributed by atoms with Crippen LogP contribution < -0.4 is 0 Å². The Morgan fingerprint density at radius 2 is 0.792 bits per heavy atom. The van der Waals surface area contributed by atoms with E-state index >= 15 is 0 Å². The molecule has 0 aliphatic rings. The van der Waals surface area contributed by atoms with Crippen molar-refractivity contribution >= 4 is 63.7 Å². The quantitative estimate of drug-likeness (QED) is 0.413. The van der Waals surface area contributed by atoms with Crippen molar-refractivity contribution in [3.63, 3.8) is 0 Å². The third-order valence-electron chi connectivity index (χ3n) is 3.64. The van der Waals surface area contributed by atoms with Crippen molar-refractivity contribution in [2.24, 2.45) is 0 Å². The maximum atomic E-state index is 10.3.